The second kappa shape index (κ2) is 7.37. The first-order valence-corrected chi connectivity index (χ1v) is 5.45. The van der Waals surface area contributed by atoms with Gasteiger partial charge < -0.3 is 0 Å². The fourth-order valence-electron chi connectivity index (χ4n) is 0.586. The third-order valence-electron chi connectivity index (χ3n) is 2.24. The molecule has 0 spiro atoms. The standard InChI is InChI=1S/C12H18N4O2/c1-7(13-15-9(3)11(5)17)8(2)14-16-10(4)12(6)18/h1-6H3/b13-7+,14-8+,15-9+,16-10+. The summed E-state index contributed by atoms with van der Waals surface area (Å²) in [7, 11) is 0. The third kappa shape index (κ3) is 5.93. The van der Waals surface area contributed by atoms with Gasteiger partial charge >= 0.3 is 0 Å². The van der Waals surface area contributed by atoms with Crippen LogP contribution in [0.4, 0.5) is 0 Å². The van der Waals surface area contributed by atoms with Gasteiger partial charge in [0.1, 0.15) is 11.4 Å². The van der Waals surface area contributed by atoms with E-state index >= 15 is 0 Å². The molecule has 0 N–H and O–H groups in total. The van der Waals surface area contributed by atoms with Crippen molar-refractivity contribution in [3.8, 4) is 0 Å². The van der Waals surface area contributed by atoms with E-state index in [4.69, 9.17) is 0 Å². The summed E-state index contributed by atoms with van der Waals surface area (Å²) in [6.07, 6.45) is 0. The summed E-state index contributed by atoms with van der Waals surface area (Å²) >= 11 is 0. The Morgan fingerprint density at radius 1 is 0.500 bits per heavy atom. The minimum atomic E-state index is -0.133. The lowest BCUT2D eigenvalue weighted by Crippen LogP contribution is -2.08. The maximum atomic E-state index is 10.9. The molecule has 0 fully saturated rings. The van der Waals surface area contributed by atoms with Crippen LogP contribution in [0.25, 0.3) is 0 Å². The highest BCUT2D eigenvalue weighted by atomic mass is 16.1. The van der Waals surface area contributed by atoms with E-state index in [2.05, 4.69) is 20.4 Å². The Morgan fingerprint density at radius 2 is 0.722 bits per heavy atom. The first-order chi connectivity index (χ1) is 8.25. The van der Waals surface area contributed by atoms with Gasteiger partial charge in [-0.2, -0.15) is 20.4 Å². The molecule has 0 aromatic carbocycles. The van der Waals surface area contributed by atoms with Crippen LogP contribution in [-0.4, -0.2) is 34.4 Å². The highest BCUT2D eigenvalue weighted by Crippen LogP contribution is 1.91. The normalized spacial score (nSPS) is 14.8. The summed E-state index contributed by atoms with van der Waals surface area (Å²) < 4.78 is 0. The van der Waals surface area contributed by atoms with E-state index in [1.54, 1.807) is 27.7 Å². The minimum Gasteiger partial charge on any atom is -0.293 e. The van der Waals surface area contributed by atoms with Crippen LogP contribution in [0.2, 0.25) is 0 Å². The summed E-state index contributed by atoms with van der Waals surface area (Å²) in [6, 6.07) is 0. The van der Waals surface area contributed by atoms with Gasteiger partial charge in [0.2, 0.25) is 0 Å². The van der Waals surface area contributed by atoms with E-state index in [0.29, 0.717) is 22.8 Å². The van der Waals surface area contributed by atoms with Crippen molar-refractivity contribution in [1.29, 1.82) is 0 Å². The van der Waals surface area contributed by atoms with Gasteiger partial charge in [0.05, 0.1) is 11.4 Å². The number of Topliss-reactive ketones (excluding diaryl/α,β-unsaturated/α-hetero) is 2. The maximum Gasteiger partial charge on any atom is 0.175 e. The third-order valence-corrected chi connectivity index (χ3v) is 2.24. The quantitative estimate of drug-likeness (QED) is 0.551. The zero-order valence-electron chi connectivity index (χ0n) is 11.6. The topological polar surface area (TPSA) is 83.6 Å². The summed E-state index contributed by atoms with van der Waals surface area (Å²) in [6.45, 7) is 9.42. The molecule has 0 aromatic heterocycles. The molecule has 0 amide bonds. The lowest BCUT2D eigenvalue weighted by molar-refractivity contribution is -0.111. The number of carbonyl (C=O) groups excluding carboxylic acids is 2. The van der Waals surface area contributed by atoms with Gasteiger partial charge in [0.15, 0.2) is 11.6 Å². The van der Waals surface area contributed by atoms with Crippen LogP contribution < -0.4 is 0 Å². The fraction of sp³-hybridized carbons (Fsp3) is 0.500. The molecule has 0 aromatic rings. The SMILES string of the molecule is CC(=O)/C(C)=N/N=C(C)/C(C)=N/N=C(\C)C(C)=O. The number of ketones is 2. The van der Waals surface area contributed by atoms with Crippen molar-refractivity contribution in [3.05, 3.63) is 0 Å². The monoisotopic (exact) mass is 250 g/mol. The molecule has 98 valence electrons. The molecule has 0 heterocycles. The molecule has 0 radical (unpaired) electrons. The van der Waals surface area contributed by atoms with Gasteiger partial charge in [-0.3, -0.25) is 9.59 Å². The average molecular weight is 250 g/mol. The van der Waals surface area contributed by atoms with Gasteiger partial charge in [-0.05, 0) is 27.7 Å². The molecule has 0 unspecified atom stereocenters. The van der Waals surface area contributed by atoms with Gasteiger partial charge in [-0.1, -0.05) is 0 Å². The number of nitrogens with zero attached hydrogens (tertiary/aromatic N) is 4. The van der Waals surface area contributed by atoms with Crippen LogP contribution in [0, 0.1) is 0 Å². The van der Waals surface area contributed by atoms with Crippen molar-refractivity contribution < 1.29 is 9.59 Å². The summed E-state index contributed by atoms with van der Waals surface area (Å²) in [4.78, 5) is 21.9. The van der Waals surface area contributed by atoms with Gasteiger partial charge in [-0.15, -0.1) is 0 Å². The number of hydrogen-bond acceptors (Lipinski definition) is 6. The Bertz CT molecular complexity index is 426. The maximum absolute atomic E-state index is 10.9. The van der Waals surface area contributed by atoms with Gasteiger partial charge in [0, 0.05) is 13.8 Å². The van der Waals surface area contributed by atoms with Crippen LogP contribution in [0.15, 0.2) is 20.4 Å². The molecule has 0 aliphatic heterocycles. The van der Waals surface area contributed by atoms with Gasteiger partial charge in [0.25, 0.3) is 0 Å². The van der Waals surface area contributed by atoms with E-state index in [1.807, 2.05) is 0 Å². The number of carbonyl (C=O) groups is 2. The van der Waals surface area contributed by atoms with E-state index in [0.717, 1.165) is 0 Å². The Morgan fingerprint density at radius 3 is 0.944 bits per heavy atom. The first-order valence-electron chi connectivity index (χ1n) is 5.45. The van der Waals surface area contributed by atoms with Gasteiger partial charge in [-0.25, -0.2) is 0 Å². The Labute approximate surface area is 107 Å². The molecule has 18 heavy (non-hydrogen) atoms. The number of rotatable bonds is 5. The second-order valence-corrected chi connectivity index (χ2v) is 3.85. The highest BCUT2D eigenvalue weighted by Gasteiger charge is 2.00. The van der Waals surface area contributed by atoms with Crippen LogP contribution in [0.1, 0.15) is 41.5 Å². The molecule has 0 atom stereocenters. The van der Waals surface area contributed by atoms with Crippen molar-refractivity contribution >= 4 is 34.4 Å². The molecule has 0 saturated carbocycles. The Kier molecular flexibility index (Phi) is 6.56. The largest absolute Gasteiger partial charge is 0.293 e. The molecule has 0 saturated heterocycles. The lowest BCUT2D eigenvalue weighted by Gasteiger charge is -1.96. The molecule has 0 aliphatic rings. The van der Waals surface area contributed by atoms with Crippen LogP contribution in [0.3, 0.4) is 0 Å². The summed E-state index contributed by atoms with van der Waals surface area (Å²) in [5, 5.41) is 15.3. The van der Waals surface area contributed by atoms with Crippen LogP contribution in [-0.2, 0) is 9.59 Å². The fourth-order valence-corrected chi connectivity index (χ4v) is 0.586. The first kappa shape index (κ1) is 16.0. The summed E-state index contributed by atoms with van der Waals surface area (Å²) in [5.41, 5.74) is 1.72. The molecule has 6 nitrogen and oxygen atoms in total. The van der Waals surface area contributed by atoms with Crippen molar-refractivity contribution in [2.24, 2.45) is 20.4 Å². The predicted octanol–water partition coefficient (Wildman–Crippen LogP) is 1.84. The Balaban J connectivity index is 4.96. The second-order valence-electron chi connectivity index (χ2n) is 3.85. The molecule has 0 aliphatic carbocycles. The zero-order chi connectivity index (χ0) is 14.3. The minimum absolute atomic E-state index is 0.133. The van der Waals surface area contributed by atoms with E-state index in [9.17, 15) is 9.59 Å². The zero-order valence-corrected chi connectivity index (χ0v) is 11.6. The van der Waals surface area contributed by atoms with E-state index < -0.39 is 0 Å². The number of hydrogen-bond donors (Lipinski definition) is 0. The average Bonchev–Trinajstić information content (AvgIpc) is 2.31. The molecule has 6 heteroatoms. The van der Waals surface area contributed by atoms with Crippen molar-refractivity contribution in [1.82, 2.24) is 0 Å². The van der Waals surface area contributed by atoms with Crippen molar-refractivity contribution in [2.45, 2.75) is 41.5 Å². The molecular weight excluding hydrogens is 232 g/mol. The van der Waals surface area contributed by atoms with E-state index in [1.165, 1.54) is 13.8 Å². The molecule has 0 bridgehead atoms. The van der Waals surface area contributed by atoms with Crippen molar-refractivity contribution in [2.75, 3.05) is 0 Å². The van der Waals surface area contributed by atoms with E-state index in [-0.39, 0.29) is 11.6 Å². The lowest BCUT2D eigenvalue weighted by atomic mass is 10.3. The van der Waals surface area contributed by atoms with Crippen molar-refractivity contribution in [3.63, 3.8) is 0 Å². The highest BCUT2D eigenvalue weighted by molar-refractivity contribution is 6.42. The predicted molar refractivity (Wildman–Crippen MR) is 73.8 cm³/mol. The smallest absolute Gasteiger partial charge is 0.175 e. The van der Waals surface area contributed by atoms with Crippen LogP contribution in [0.5, 0.6) is 0 Å². The summed E-state index contributed by atoms with van der Waals surface area (Å²) in [5.74, 6) is -0.266. The molecule has 0 rings (SSSR count). The van der Waals surface area contributed by atoms with Crippen LogP contribution >= 0.6 is 0 Å². The molecular formula is C12H18N4O2. The Hall–Kier alpha value is -1.98.